The molecular weight excluding hydrogens is 316 g/mol. The van der Waals surface area contributed by atoms with Crippen LogP contribution in [0.4, 0.5) is 10.6 Å². The van der Waals surface area contributed by atoms with Crippen LogP contribution in [0.3, 0.4) is 0 Å². The summed E-state index contributed by atoms with van der Waals surface area (Å²) in [5.74, 6) is 1.07. The molecule has 0 aliphatic carbocycles. The van der Waals surface area contributed by atoms with E-state index in [0.717, 1.165) is 12.0 Å². The summed E-state index contributed by atoms with van der Waals surface area (Å²) in [4.78, 5) is 18.5. The quantitative estimate of drug-likeness (QED) is 0.746. The molecule has 0 atom stereocenters. The van der Waals surface area contributed by atoms with E-state index in [1.807, 2.05) is 30.3 Å². The highest BCUT2D eigenvalue weighted by Gasteiger charge is 2.16. The van der Waals surface area contributed by atoms with Gasteiger partial charge in [0, 0.05) is 31.5 Å². The first-order chi connectivity index (χ1) is 12.2. The fourth-order valence-corrected chi connectivity index (χ4v) is 2.49. The Hall–Kier alpha value is -3.15. The summed E-state index contributed by atoms with van der Waals surface area (Å²) >= 11 is 0. The van der Waals surface area contributed by atoms with Gasteiger partial charge >= 0.3 is 6.03 Å². The number of hydrogen-bond acceptors (Lipinski definition) is 4. The number of aryl methyl sites for hydroxylation is 1. The Morgan fingerprint density at radius 2 is 1.96 bits per heavy atom. The molecule has 3 rings (SSSR count). The van der Waals surface area contributed by atoms with E-state index in [4.69, 9.17) is 4.52 Å². The van der Waals surface area contributed by atoms with Crippen LogP contribution >= 0.6 is 0 Å². The molecule has 25 heavy (non-hydrogen) atoms. The number of aromatic nitrogens is 2. The Balaban J connectivity index is 1.69. The summed E-state index contributed by atoms with van der Waals surface area (Å²) in [6.45, 7) is 2.84. The number of benzene rings is 1. The van der Waals surface area contributed by atoms with E-state index in [1.54, 1.807) is 30.3 Å². The Labute approximate surface area is 146 Å². The molecule has 2 heterocycles. The predicted molar refractivity (Wildman–Crippen MR) is 95.1 cm³/mol. The smallest absolute Gasteiger partial charge is 0.323 e. The fraction of sp³-hybridized carbons (Fsp3) is 0.211. The molecular formula is C19H20N4O2. The second-order valence-corrected chi connectivity index (χ2v) is 5.77. The minimum Gasteiger partial charge on any atom is -0.360 e. The molecule has 2 aromatic heterocycles. The van der Waals surface area contributed by atoms with E-state index < -0.39 is 0 Å². The average Bonchev–Trinajstić information content (AvgIpc) is 3.05. The third-order valence-corrected chi connectivity index (χ3v) is 3.76. The molecule has 1 aromatic carbocycles. The minimum absolute atomic E-state index is 0.215. The minimum atomic E-state index is -0.215. The topological polar surface area (TPSA) is 71.3 Å². The summed E-state index contributed by atoms with van der Waals surface area (Å²) in [7, 11) is 0. The molecule has 3 aromatic rings. The van der Waals surface area contributed by atoms with Crippen molar-refractivity contribution in [2.75, 3.05) is 11.9 Å². The van der Waals surface area contributed by atoms with Gasteiger partial charge < -0.3 is 9.42 Å². The molecule has 2 amide bonds. The second kappa shape index (κ2) is 8.10. The van der Waals surface area contributed by atoms with Crippen LogP contribution in [0.25, 0.3) is 0 Å². The zero-order valence-electron chi connectivity index (χ0n) is 14.1. The molecule has 128 valence electrons. The number of hydrogen-bond donors (Lipinski definition) is 1. The largest absolute Gasteiger partial charge is 0.360 e. The van der Waals surface area contributed by atoms with Crippen LogP contribution in [-0.4, -0.2) is 27.6 Å². The van der Waals surface area contributed by atoms with E-state index in [1.165, 1.54) is 5.56 Å². The van der Waals surface area contributed by atoms with Crippen molar-refractivity contribution in [1.29, 1.82) is 0 Å². The number of urea groups is 1. The van der Waals surface area contributed by atoms with E-state index in [0.29, 0.717) is 24.7 Å². The molecule has 0 fully saturated rings. The highest BCUT2D eigenvalue weighted by Crippen LogP contribution is 2.11. The Morgan fingerprint density at radius 1 is 1.16 bits per heavy atom. The number of amides is 2. The van der Waals surface area contributed by atoms with Gasteiger partial charge in [0.05, 0.1) is 0 Å². The summed E-state index contributed by atoms with van der Waals surface area (Å²) in [5, 5.41) is 6.60. The molecule has 0 radical (unpaired) electrons. The normalized spacial score (nSPS) is 10.4. The van der Waals surface area contributed by atoms with E-state index >= 15 is 0 Å². The maximum Gasteiger partial charge on any atom is 0.323 e. The number of nitrogens with one attached hydrogen (secondary N) is 1. The van der Waals surface area contributed by atoms with Gasteiger partial charge in [0.1, 0.15) is 5.76 Å². The van der Waals surface area contributed by atoms with Crippen LogP contribution in [0.1, 0.15) is 16.9 Å². The average molecular weight is 336 g/mol. The molecule has 0 unspecified atom stereocenters. The lowest BCUT2D eigenvalue weighted by molar-refractivity contribution is 0.209. The molecule has 0 aliphatic heterocycles. The monoisotopic (exact) mass is 336 g/mol. The second-order valence-electron chi connectivity index (χ2n) is 5.77. The molecule has 0 saturated carbocycles. The van der Waals surface area contributed by atoms with Gasteiger partial charge in [-0.15, -0.1) is 0 Å². The van der Waals surface area contributed by atoms with Gasteiger partial charge in [0.15, 0.2) is 5.82 Å². The van der Waals surface area contributed by atoms with Gasteiger partial charge in [0.25, 0.3) is 0 Å². The third kappa shape index (κ3) is 4.91. The molecule has 6 nitrogen and oxygen atoms in total. The molecule has 1 N–H and O–H groups in total. The summed E-state index contributed by atoms with van der Waals surface area (Å²) in [6, 6.07) is 15.4. The molecule has 0 spiro atoms. The summed E-state index contributed by atoms with van der Waals surface area (Å²) < 4.78 is 5.00. The standard InChI is InChI=1S/C19H20N4O2/c1-15-12-18(22-25-15)21-19(24)23(14-17-8-5-10-20-13-17)11-9-16-6-3-2-4-7-16/h2-8,10,12-13H,9,11,14H2,1H3,(H,21,22,24). The van der Waals surface area contributed by atoms with Gasteiger partial charge in [-0.3, -0.25) is 10.3 Å². The number of nitrogens with zero attached hydrogens (tertiary/aromatic N) is 3. The van der Waals surface area contributed by atoms with Crippen molar-refractivity contribution < 1.29 is 9.32 Å². The van der Waals surface area contributed by atoms with Crippen molar-refractivity contribution in [2.24, 2.45) is 0 Å². The highest BCUT2D eigenvalue weighted by molar-refractivity contribution is 5.88. The van der Waals surface area contributed by atoms with Crippen LogP contribution in [-0.2, 0) is 13.0 Å². The maximum absolute atomic E-state index is 12.7. The van der Waals surface area contributed by atoms with Gasteiger partial charge in [-0.05, 0) is 30.5 Å². The van der Waals surface area contributed by atoms with E-state index in [-0.39, 0.29) is 6.03 Å². The molecule has 0 saturated heterocycles. The van der Waals surface area contributed by atoms with Crippen molar-refractivity contribution in [3.05, 3.63) is 77.8 Å². The van der Waals surface area contributed by atoms with Crippen molar-refractivity contribution in [3.8, 4) is 0 Å². The first-order valence-electron chi connectivity index (χ1n) is 8.13. The number of pyridine rings is 1. The molecule has 0 bridgehead atoms. The Morgan fingerprint density at radius 3 is 2.64 bits per heavy atom. The maximum atomic E-state index is 12.7. The van der Waals surface area contributed by atoms with Crippen LogP contribution in [0.2, 0.25) is 0 Å². The Bertz CT molecular complexity index is 803. The van der Waals surface area contributed by atoms with Gasteiger partial charge in [-0.25, -0.2) is 4.79 Å². The summed E-state index contributed by atoms with van der Waals surface area (Å²) in [6.07, 6.45) is 4.26. The predicted octanol–water partition coefficient (Wildman–Crippen LogP) is 3.65. The zero-order chi connectivity index (χ0) is 17.5. The van der Waals surface area contributed by atoms with Gasteiger partial charge in [-0.2, -0.15) is 0 Å². The molecule has 6 heteroatoms. The number of carbonyl (C=O) groups is 1. The lowest BCUT2D eigenvalue weighted by atomic mass is 10.1. The number of rotatable bonds is 6. The van der Waals surface area contributed by atoms with Gasteiger partial charge in [-0.1, -0.05) is 41.6 Å². The lowest BCUT2D eigenvalue weighted by Crippen LogP contribution is -2.36. The van der Waals surface area contributed by atoms with E-state index in [2.05, 4.69) is 27.6 Å². The van der Waals surface area contributed by atoms with Crippen molar-refractivity contribution in [2.45, 2.75) is 19.9 Å². The zero-order valence-corrected chi connectivity index (χ0v) is 14.1. The summed E-state index contributed by atoms with van der Waals surface area (Å²) in [5.41, 5.74) is 2.16. The Kier molecular flexibility index (Phi) is 5.41. The van der Waals surface area contributed by atoms with Gasteiger partial charge in [0.2, 0.25) is 0 Å². The first kappa shape index (κ1) is 16.7. The fourth-order valence-electron chi connectivity index (χ4n) is 2.49. The molecule has 0 aliphatic rings. The number of anilines is 1. The van der Waals surface area contributed by atoms with Crippen molar-refractivity contribution in [1.82, 2.24) is 15.0 Å². The van der Waals surface area contributed by atoms with E-state index in [9.17, 15) is 4.79 Å². The number of carbonyl (C=O) groups excluding carboxylic acids is 1. The van der Waals surface area contributed by atoms with Crippen LogP contribution in [0.15, 0.2) is 65.4 Å². The van der Waals surface area contributed by atoms with Crippen LogP contribution in [0, 0.1) is 6.92 Å². The SMILES string of the molecule is Cc1cc(NC(=O)N(CCc2ccccc2)Cc2cccnc2)no1. The lowest BCUT2D eigenvalue weighted by Gasteiger charge is -2.22. The third-order valence-electron chi connectivity index (χ3n) is 3.76. The van der Waals surface area contributed by atoms with Crippen molar-refractivity contribution in [3.63, 3.8) is 0 Å². The van der Waals surface area contributed by atoms with Crippen LogP contribution in [0.5, 0.6) is 0 Å². The highest BCUT2D eigenvalue weighted by atomic mass is 16.5. The van der Waals surface area contributed by atoms with Crippen molar-refractivity contribution >= 4 is 11.8 Å². The first-order valence-corrected chi connectivity index (χ1v) is 8.13. The van der Waals surface area contributed by atoms with Crippen LogP contribution < -0.4 is 5.32 Å².